The fourth-order valence-electron chi connectivity index (χ4n) is 2.66. The van der Waals surface area contributed by atoms with Gasteiger partial charge >= 0.3 is 0 Å². The summed E-state index contributed by atoms with van der Waals surface area (Å²) < 4.78 is 19.3. The summed E-state index contributed by atoms with van der Waals surface area (Å²) in [6, 6.07) is 14.1. The van der Waals surface area contributed by atoms with Crippen molar-refractivity contribution in [2.75, 3.05) is 5.32 Å². The number of carbonyl (C=O) groups excluding carboxylic acids is 1. The highest BCUT2D eigenvalue weighted by Crippen LogP contribution is 2.29. The fraction of sp³-hybridized carbons (Fsp3) is 0.150. The molecule has 0 aliphatic rings. The molecule has 3 nitrogen and oxygen atoms in total. The van der Waals surface area contributed by atoms with Gasteiger partial charge in [0, 0.05) is 11.3 Å². The lowest BCUT2D eigenvalue weighted by Crippen LogP contribution is -2.12. The molecule has 1 amide bonds. The van der Waals surface area contributed by atoms with E-state index in [1.165, 1.54) is 12.3 Å². The van der Waals surface area contributed by atoms with E-state index in [-0.39, 0.29) is 11.7 Å². The van der Waals surface area contributed by atoms with E-state index in [0.717, 1.165) is 11.1 Å². The van der Waals surface area contributed by atoms with Crippen LogP contribution in [0.5, 0.6) is 0 Å². The number of amides is 1. The molecule has 0 fully saturated rings. The molecule has 122 valence electrons. The minimum Gasteiger partial charge on any atom is -0.469 e. The predicted molar refractivity (Wildman–Crippen MR) is 92.6 cm³/mol. The van der Waals surface area contributed by atoms with E-state index >= 15 is 0 Å². The average molecular weight is 323 g/mol. The van der Waals surface area contributed by atoms with Crippen LogP contribution in [-0.2, 0) is 6.42 Å². The Labute approximate surface area is 140 Å². The number of para-hydroxylation sites is 1. The molecule has 0 aliphatic carbocycles. The zero-order chi connectivity index (χ0) is 17.1. The van der Waals surface area contributed by atoms with Crippen LogP contribution < -0.4 is 5.32 Å². The predicted octanol–water partition coefficient (Wildman–Crippen LogP) is 5.21. The summed E-state index contributed by atoms with van der Waals surface area (Å²) in [5.74, 6) is 0.0736. The monoisotopic (exact) mass is 323 g/mol. The molecular weight excluding hydrogens is 305 g/mol. The van der Waals surface area contributed by atoms with Gasteiger partial charge in [0.25, 0.3) is 5.91 Å². The summed E-state index contributed by atoms with van der Waals surface area (Å²) >= 11 is 0. The number of halogens is 1. The molecule has 24 heavy (non-hydrogen) atoms. The highest BCUT2D eigenvalue weighted by molar-refractivity contribution is 6.06. The quantitative estimate of drug-likeness (QED) is 0.716. The first-order chi connectivity index (χ1) is 11.6. The zero-order valence-corrected chi connectivity index (χ0v) is 13.6. The Morgan fingerprint density at radius 2 is 1.96 bits per heavy atom. The van der Waals surface area contributed by atoms with Crippen LogP contribution in [-0.4, -0.2) is 5.91 Å². The SMILES string of the molecule is CCc1ccc(-c2ccccc2NC(=O)c2ccoc2C)cc1F. The lowest BCUT2D eigenvalue weighted by atomic mass is 10.0. The zero-order valence-electron chi connectivity index (χ0n) is 13.6. The minimum absolute atomic E-state index is 0.234. The highest BCUT2D eigenvalue weighted by atomic mass is 19.1. The van der Waals surface area contributed by atoms with Crippen molar-refractivity contribution in [1.29, 1.82) is 0 Å². The van der Waals surface area contributed by atoms with Gasteiger partial charge in [0.2, 0.25) is 0 Å². The van der Waals surface area contributed by atoms with Crippen molar-refractivity contribution < 1.29 is 13.6 Å². The maximum Gasteiger partial charge on any atom is 0.259 e. The minimum atomic E-state index is -0.251. The topological polar surface area (TPSA) is 42.2 Å². The van der Waals surface area contributed by atoms with Gasteiger partial charge in [-0.1, -0.05) is 37.3 Å². The van der Waals surface area contributed by atoms with E-state index in [4.69, 9.17) is 4.42 Å². The first-order valence-electron chi connectivity index (χ1n) is 7.83. The molecule has 0 saturated heterocycles. The van der Waals surface area contributed by atoms with Gasteiger partial charge in [0.05, 0.1) is 11.8 Å². The first-order valence-corrected chi connectivity index (χ1v) is 7.83. The van der Waals surface area contributed by atoms with Crippen LogP contribution >= 0.6 is 0 Å². The summed E-state index contributed by atoms with van der Waals surface area (Å²) in [4.78, 5) is 12.4. The third-order valence-corrected chi connectivity index (χ3v) is 4.02. The summed E-state index contributed by atoms with van der Waals surface area (Å²) in [6.07, 6.45) is 2.12. The van der Waals surface area contributed by atoms with Crippen molar-refractivity contribution in [3.63, 3.8) is 0 Å². The third-order valence-electron chi connectivity index (χ3n) is 4.02. The molecule has 0 atom stereocenters. The van der Waals surface area contributed by atoms with E-state index in [9.17, 15) is 9.18 Å². The Morgan fingerprint density at radius 1 is 1.17 bits per heavy atom. The molecule has 0 spiro atoms. The number of anilines is 1. The number of hydrogen-bond donors (Lipinski definition) is 1. The van der Waals surface area contributed by atoms with Gasteiger partial charge in [0.15, 0.2) is 0 Å². The maximum atomic E-state index is 14.1. The van der Waals surface area contributed by atoms with Crippen molar-refractivity contribution in [3.05, 3.63) is 77.5 Å². The molecule has 1 N–H and O–H groups in total. The van der Waals surface area contributed by atoms with Gasteiger partial charge < -0.3 is 9.73 Å². The van der Waals surface area contributed by atoms with E-state index in [0.29, 0.717) is 29.0 Å². The Balaban J connectivity index is 1.95. The van der Waals surface area contributed by atoms with Crippen LogP contribution in [0.1, 0.15) is 28.6 Å². The summed E-state index contributed by atoms with van der Waals surface area (Å²) in [5.41, 5.74) is 3.29. The van der Waals surface area contributed by atoms with Crippen LogP contribution in [0.3, 0.4) is 0 Å². The second-order valence-electron chi connectivity index (χ2n) is 5.55. The lowest BCUT2D eigenvalue weighted by molar-refractivity contribution is 0.102. The average Bonchev–Trinajstić information content (AvgIpc) is 3.01. The van der Waals surface area contributed by atoms with Crippen molar-refractivity contribution in [3.8, 4) is 11.1 Å². The number of benzene rings is 2. The molecule has 1 aromatic heterocycles. The largest absolute Gasteiger partial charge is 0.469 e. The normalized spacial score (nSPS) is 10.6. The van der Waals surface area contributed by atoms with Crippen LogP contribution in [0.15, 0.2) is 59.2 Å². The van der Waals surface area contributed by atoms with Crippen LogP contribution in [0, 0.1) is 12.7 Å². The van der Waals surface area contributed by atoms with E-state index in [1.807, 2.05) is 31.2 Å². The molecule has 1 heterocycles. The summed E-state index contributed by atoms with van der Waals surface area (Å²) in [6.45, 7) is 3.65. The van der Waals surface area contributed by atoms with Gasteiger partial charge in [-0.3, -0.25) is 4.79 Å². The number of hydrogen-bond acceptors (Lipinski definition) is 2. The fourth-order valence-corrected chi connectivity index (χ4v) is 2.66. The third kappa shape index (κ3) is 3.08. The Kier molecular flexibility index (Phi) is 4.47. The van der Waals surface area contributed by atoms with Gasteiger partial charge in [-0.25, -0.2) is 4.39 Å². The van der Waals surface area contributed by atoms with Crippen molar-refractivity contribution in [2.24, 2.45) is 0 Å². The number of aryl methyl sites for hydroxylation is 2. The molecule has 4 heteroatoms. The molecule has 3 aromatic rings. The van der Waals surface area contributed by atoms with E-state index in [1.54, 1.807) is 25.1 Å². The van der Waals surface area contributed by atoms with E-state index in [2.05, 4.69) is 5.32 Å². The molecular formula is C20H18FNO2. The first kappa shape index (κ1) is 16.0. The number of rotatable bonds is 4. The maximum absolute atomic E-state index is 14.1. The molecule has 2 aromatic carbocycles. The molecule has 0 aliphatic heterocycles. The van der Waals surface area contributed by atoms with Gasteiger partial charge in [-0.15, -0.1) is 0 Å². The molecule has 0 bridgehead atoms. The lowest BCUT2D eigenvalue weighted by Gasteiger charge is -2.12. The Morgan fingerprint density at radius 3 is 2.62 bits per heavy atom. The van der Waals surface area contributed by atoms with Crippen molar-refractivity contribution in [1.82, 2.24) is 0 Å². The van der Waals surface area contributed by atoms with Gasteiger partial charge in [0.1, 0.15) is 11.6 Å². The second kappa shape index (κ2) is 6.71. The molecule has 0 radical (unpaired) electrons. The van der Waals surface area contributed by atoms with Crippen molar-refractivity contribution >= 4 is 11.6 Å². The summed E-state index contributed by atoms with van der Waals surface area (Å²) in [7, 11) is 0. The van der Waals surface area contributed by atoms with Crippen LogP contribution in [0.4, 0.5) is 10.1 Å². The highest BCUT2D eigenvalue weighted by Gasteiger charge is 2.14. The summed E-state index contributed by atoms with van der Waals surface area (Å²) in [5, 5.41) is 2.88. The number of carbonyl (C=O) groups is 1. The molecule has 0 saturated carbocycles. The Bertz CT molecular complexity index is 883. The molecule has 3 rings (SSSR count). The number of furan rings is 1. The van der Waals surface area contributed by atoms with Crippen molar-refractivity contribution in [2.45, 2.75) is 20.3 Å². The second-order valence-corrected chi connectivity index (χ2v) is 5.55. The van der Waals surface area contributed by atoms with Crippen LogP contribution in [0.2, 0.25) is 0 Å². The van der Waals surface area contributed by atoms with Gasteiger partial charge in [-0.05, 0) is 42.7 Å². The number of nitrogens with one attached hydrogen (secondary N) is 1. The van der Waals surface area contributed by atoms with Crippen LogP contribution in [0.25, 0.3) is 11.1 Å². The smallest absolute Gasteiger partial charge is 0.259 e. The standard InChI is InChI=1S/C20H18FNO2/c1-3-14-8-9-15(12-18(14)21)17-6-4-5-7-19(17)22-20(23)16-10-11-24-13(16)2/h4-12H,3H2,1-2H3,(H,22,23). The molecule has 0 unspecified atom stereocenters. The Hall–Kier alpha value is -2.88. The van der Waals surface area contributed by atoms with Gasteiger partial charge in [-0.2, -0.15) is 0 Å². The van der Waals surface area contributed by atoms with E-state index < -0.39 is 0 Å².